The number of methoxy groups -OCH3 is 1. The van der Waals surface area contributed by atoms with Gasteiger partial charge in [0, 0.05) is 17.5 Å². The summed E-state index contributed by atoms with van der Waals surface area (Å²) >= 11 is 0. The molecule has 7 heteroatoms. The number of carbonyl (C=O) groups is 1. The second-order valence-corrected chi connectivity index (χ2v) is 8.49. The van der Waals surface area contributed by atoms with E-state index in [-0.39, 0.29) is 0 Å². The molecule has 0 spiro atoms. The average Bonchev–Trinajstić information content (AvgIpc) is 3.41. The summed E-state index contributed by atoms with van der Waals surface area (Å²) in [4.78, 5) is 22.0. The number of rotatable bonds is 5. The van der Waals surface area contributed by atoms with Crippen LogP contribution in [0.2, 0.25) is 0 Å². The standard InChI is InChI=1S/C28H25N5O2/c1-6-23-21-15-19(16-32-25(7-2)30-26-17(3)14-18(4)29-27(26)32)12-13-22(21)31-33(23)24-11-9-8-10-20(24)28(34)35-5/h1,8-15H,7,16H2,2-5H3. The minimum Gasteiger partial charge on any atom is -0.465 e. The molecule has 35 heavy (non-hydrogen) atoms. The molecular weight excluding hydrogens is 438 g/mol. The van der Waals surface area contributed by atoms with E-state index in [4.69, 9.17) is 26.2 Å². The van der Waals surface area contributed by atoms with Crippen molar-refractivity contribution in [2.75, 3.05) is 7.11 Å². The van der Waals surface area contributed by atoms with Crippen LogP contribution >= 0.6 is 0 Å². The summed E-state index contributed by atoms with van der Waals surface area (Å²) in [5.74, 6) is 3.31. The summed E-state index contributed by atoms with van der Waals surface area (Å²) in [6.45, 7) is 6.78. The van der Waals surface area contributed by atoms with Gasteiger partial charge in [0.2, 0.25) is 0 Å². The van der Waals surface area contributed by atoms with E-state index in [0.717, 1.165) is 51.1 Å². The highest BCUT2D eigenvalue weighted by molar-refractivity contribution is 5.94. The lowest BCUT2D eigenvalue weighted by molar-refractivity contribution is 0.0600. The Kier molecular flexibility index (Phi) is 5.58. The van der Waals surface area contributed by atoms with Crippen molar-refractivity contribution in [3.63, 3.8) is 0 Å². The minimum atomic E-state index is -0.444. The Morgan fingerprint density at radius 2 is 1.91 bits per heavy atom. The zero-order valence-electron chi connectivity index (χ0n) is 20.2. The maximum Gasteiger partial charge on any atom is 0.340 e. The second-order valence-electron chi connectivity index (χ2n) is 8.49. The molecular formula is C28H25N5O2. The first-order valence-corrected chi connectivity index (χ1v) is 11.4. The van der Waals surface area contributed by atoms with Crippen LogP contribution in [0.25, 0.3) is 27.8 Å². The molecule has 0 saturated heterocycles. The van der Waals surface area contributed by atoms with Gasteiger partial charge in [-0.15, -0.1) is 6.42 Å². The van der Waals surface area contributed by atoms with E-state index in [1.807, 2.05) is 25.1 Å². The number of para-hydroxylation sites is 1. The van der Waals surface area contributed by atoms with E-state index in [1.54, 1.807) is 22.9 Å². The molecule has 174 valence electrons. The molecule has 0 amide bonds. The fourth-order valence-corrected chi connectivity index (χ4v) is 4.55. The Balaban J connectivity index is 1.64. The third-order valence-corrected chi connectivity index (χ3v) is 6.17. The van der Waals surface area contributed by atoms with Gasteiger partial charge in [-0.3, -0.25) is 0 Å². The third-order valence-electron chi connectivity index (χ3n) is 6.17. The number of imidazole rings is 1. The van der Waals surface area contributed by atoms with E-state index in [2.05, 4.69) is 36.5 Å². The number of terminal acetylenes is 1. The maximum atomic E-state index is 12.3. The number of ether oxygens (including phenoxy) is 1. The molecule has 5 rings (SSSR count). The quantitative estimate of drug-likeness (QED) is 0.277. The predicted octanol–water partition coefficient (Wildman–Crippen LogP) is 4.77. The Labute approximate surface area is 203 Å². The van der Waals surface area contributed by atoms with Gasteiger partial charge in [0.25, 0.3) is 0 Å². The van der Waals surface area contributed by atoms with Crippen LogP contribution in [0.15, 0.2) is 48.5 Å². The summed E-state index contributed by atoms with van der Waals surface area (Å²) in [5, 5.41) is 5.55. The molecule has 0 aliphatic rings. The number of fused-ring (bicyclic) bond motifs is 2. The summed E-state index contributed by atoms with van der Waals surface area (Å²) in [7, 11) is 1.36. The highest BCUT2D eigenvalue weighted by atomic mass is 16.5. The van der Waals surface area contributed by atoms with Crippen molar-refractivity contribution in [3.8, 4) is 18.0 Å². The molecule has 0 N–H and O–H groups in total. The van der Waals surface area contributed by atoms with Gasteiger partial charge in [0.1, 0.15) is 17.0 Å². The van der Waals surface area contributed by atoms with Crippen LogP contribution in [0.5, 0.6) is 0 Å². The van der Waals surface area contributed by atoms with Crippen molar-refractivity contribution in [2.24, 2.45) is 0 Å². The Morgan fingerprint density at radius 1 is 1.11 bits per heavy atom. The molecule has 0 fully saturated rings. The largest absolute Gasteiger partial charge is 0.465 e. The molecule has 0 unspecified atom stereocenters. The monoisotopic (exact) mass is 463 g/mol. The fourth-order valence-electron chi connectivity index (χ4n) is 4.55. The average molecular weight is 464 g/mol. The summed E-state index contributed by atoms with van der Waals surface area (Å²) in [6.07, 6.45) is 6.74. The van der Waals surface area contributed by atoms with Crippen molar-refractivity contribution < 1.29 is 9.53 Å². The van der Waals surface area contributed by atoms with E-state index >= 15 is 0 Å². The van der Waals surface area contributed by atoms with E-state index in [1.165, 1.54) is 7.11 Å². The van der Waals surface area contributed by atoms with Crippen LogP contribution in [-0.4, -0.2) is 37.4 Å². The van der Waals surface area contributed by atoms with Crippen molar-refractivity contribution in [3.05, 3.63) is 82.4 Å². The van der Waals surface area contributed by atoms with Crippen molar-refractivity contribution in [2.45, 2.75) is 33.7 Å². The number of hydrogen-bond acceptors (Lipinski definition) is 5. The normalized spacial score (nSPS) is 11.2. The van der Waals surface area contributed by atoms with Gasteiger partial charge < -0.3 is 9.30 Å². The number of hydrogen-bond donors (Lipinski definition) is 0. The van der Waals surface area contributed by atoms with E-state index in [0.29, 0.717) is 23.5 Å². The maximum absolute atomic E-state index is 12.3. The molecule has 3 heterocycles. The van der Waals surface area contributed by atoms with Crippen molar-refractivity contribution in [1.29, 1.82) is 0 Å². The lowest BCUT2D eigenvalue weighted by Gasteiger charge is -2.09. The SMILES string of the molecule is C#Cc1c2cc(Cn3c(CC)nc4c(C)cc(C)nc43)ccc2nn1-c1ccccc1C(=O)OC. The first-order chi connectivity index (χ1) is 16.9. The number of aryl methyl sites for hydroxylation is 3. The van der Waals surface area contributed by atoms with Gasteiger partial charge in [-0.1, -0.05) is 25.1 Å². The van der Waals surface area contributed by atoms with Gasteiger partial charge in [0.15, 0.2) is 5.65 Å². The molecule has 3 aromatic heterocycles. The molecule has 5 aromatic rings. The van der Waals surface area contributed by atoms with Crippen LogP contribution in [0.4, 0.5) is 0 Å². The molecule has 0 aliphatic heterocycles. The lowest BCUT2D eigenvalue weighted by Crippen LogP contribution is -2.09. The van der Waals surface area contributed by atoms with Crippen LogP contribution in [0.1, 0.15) is 45.6 Å². The van der Waals surface area contributed by atoms with Crippen molar-refractivity contribution >= 4 is 28.0 Å². The zero-order chi connectivity index (χ0) is 24.7. The fraction of sp³-hybridized carbons (Fsp3) is 0.214. The van der Waals surface area contributed by atoms with Gasteiger partial charge in [-0.25, -0.2) is 19.4 Å². The van der Waals surface area contributed by atoms with Gasteiger partial charge in [-0.2, -0.15) is 5.10 Å². The second kappa shape index (κ2) is 8.73. The predicted molar refractivity (Wildman–Crippen MR) is 136 cm³/mol. The van der Waals surface area contributed by atoms with Crippen LogP contribution in [0.3, 0.4) is 0 Å². The molecule has 0 aliphatic carbocycles. The molecule has 0 radical (unpaired) electrons. The first-order valence-electron chi connectivity index (χ1n) is 11.4. The number of benzene rings is 2. The lowest BCUT2D eigenvalue weighted by atomic mass is 10.1. The highest BCUT2D eigenvalue weighted by Crippen LogP contribution is 2.26. The van der Waals surface area contributed by atoms with E-state index < -0.39 is 5.97 Å². The number of esters is 1. The summed E-state index contributed by atoms with van der Waals surface area (Å²) < 4.78 is 8.76. The number of pyridine rings is 1. The Bertz CT molecular complexity index is 1650. The smallest absolute Gasteiger partial charge is 0.340 e. The van der Waals surface area contributed by atoms with Gasteiger partial charge in [-0.05, 0) is 61.2 Å². The molecule has 0 bridgehead atoms. The van der Waals surface area contributed by atoms with Crippen molar-refractivity contribution in [1.82, 2.24) is 24.3 Å². The molecule has 0 saturated carbocycles. The highest BCUT2D eigenvalue weighted by Gasteiger charge is 2.19. The van der Waals surface area contributed by atoms with Crippen LogP contribution < -0.4 is 0 Å². The number of carbonyl (C=O) groups excluding carboxylic acids is 1. The summed E-state index contributed by atoms with van der Waals surface area (Å²) in [6, 6.07) is 15.2. The molecule has 7 nitrogen and oxygen atoms in total. The number of nitrogens with zero attached hydrogens (tertiary/aromatic N) is 5. The van der Waals surface area contributed by atoms with Crippen LogP contribution in [-0.2, 0) is 17.7 Å². The van der Waals surface area contributed by atoms with Gasteiger partial charge >= 0.3 is 5.97 Å². The third kappa shape index (κ3) is 3.73. The first kappa shape index (κ1) is 22.4. The minimum absolute atomic E-state index is 0.397. The summed E-state index contributed by atoms with van der Waals surface area (Å²) in [5.41, 5.74) is 7.27. The van der Waals surface area contributed by atoms with Crippen LogP contribution in [0, 0.1) is 26.2 Å². The van der Waals surface area contributed by atoms with E-state index in [9.17, 15) is 4.79 Å². The zero-order valence-corrected chi connectivity index (χ0v) is 20.2. The molecule has 2 aromatic carbocycles. The molecule has 0 atom stereocenters. The van der Waals surface area contributed by atoms with Gasteiger partial charge in [0.05, 0.1) is 30.4 Å². The Hall–Kier alpha value is -4.44. The number of aromatic nitrogens is 5. The topological polar surface area (TPSA) is 74.8 Å². The Morgan fingerprint density at radius 3 is 2.66 bits per heavy atom.